The van der Waals surface area contributed by atoms with Crippen LogP contribution in [0.5, 0.6) is 0 Å². The van der Waals surface area contributed by atoms with Gasteiger partial charge in [-0.3, -0.25) is 4.68 Å². The zero-order chi connectivity index (χ0) is 10.9. The molecule has 2 N–H and O–H groups in total. The molecule has 0 amide bonds. The minimum Gasteiger partial charge on any atom is -0.464 e. The molecule has 78 valence electrons. The summed E-state index contributed by atoms with van der Waals surface area (Å²) in [4.78, 5) is 11.2. The van der Waals surface area contributed by atoms with E-state index in [1.54, 1.807) is 11.7 Å². The van der Waals surface area contributed by atoms with Crippen molar-refractivity contribution in [3.63, 3.8) is 0 Å². The molecular formula is C9H15N3O2. The zero-order valence-corrected chi connectivity index (χ0v) is 8.87. The summed E-state index contributed by atoms with van der Waals surface area (Å²) < 4.78 is 6.19. The van der Waals surface area contributed by atoms with E-state index in [1.807, 2.05) is 13.8 Å². The Morgan fingerprint density at radius 1 is 1.57 bits per heavy atom. The molecule has 0 aliphatic heterocycles. The van der Waals surface area contributed by atoms with Crippen molar-refractivity contribution < 1.29 is 9.53 Å². The normalized spacial score (nSPS) is 10.6. The van der Waals surface area contributed by atoms with E-state index in [-0.39, 0.29) is 11.6 Å². The number of nitrogen functional groups attached to an aromatic ring is 1. The lowest BCUT2D eigenvalue weighted by Crippen LogP contribution is -2.05. The summed E-state index contributed by atoms with van der Waals surface area (Å²) in [5, 5.41) is 4.02. The average Bonchev–Trinajstić information content (AvgIpc) is 2.40. The van der Waals surface area contributed by atoms with E-state index < -0.39 is 5.97 Å². The van der Waals surface area contributed by atoms with Gasteiger partial charge in [-0.05, 0) is 5.92 Å². The molecule has 0 unspecified atom stereocenters. The first kappa shape index (κ1) is 10.6. The molecule has 0 spiro atoms. The fourth-order valence-corrected chi connectivity index (χ4v) is 1.49. The maximum Gasteiger partial charge on any atom is 0.360 e. The molecule has 0 saturated carbocycles. The number of carbonyl (C=O) groups excluding carboxylic acids is 1. The minimum atomic E-state index is -0.495. The maximum atomic E-state index is 11.2. The van der Waals surface area contributed by atoms with Crippen LogP contribution in [0.4, 0.5) is 5.69 Å². The number of nitrogens with two attached hydrogens (primary N) is 1. The van der Waals surface area contributed by atoms with Crippen LogP contribution in [0.2, 0.25) is 0 Å². The molecule has 0 radical (unpaired) electrons. The molecule has 5 heteroatoms. The minimum absolute atomic E-state index is 0.193. The lowest BCUT2D eigenvalue weighted by Gasteiger charge is -2.05. The van der Waals surface area contributed by atoms with Crippen LogP contribution >= 0.6 is 0 Å². The molecule has 1 aromatic heterocycles. The first-order valence-electron chi connectivity index (χ1n) is 4.39. The van der Waals surface area contributed by atoms with Crippen LogP contribution in [-0.4, -0.2) is 22.9 Å². The number of nitrogens with zero attached hydrogens (tertiary/aromatic N) is 2. The Balaban J connectivity index is 3.23. The SMILES string of the molecule is COC(=O)c1nn(C)c(C(C)C)c1N. The van der Waals surface area contributed by atoms with Crippen molar-refractivity contribution in [3.05, 3.63) is 11.4 Å². The highest BCUT2D eigenvalue weighted by Gasteiger charge is 2.21. The van der Waals surface area contributed by atoms with Gasteiger partial charge in [-0.2, -0.15) is 5.10 Å². The lowest BCUT2D eigenvalue weighted by molar-refractivity contribution is 0.0594. The number of aryl methyl sites for hydroxylation is 1. The van der Waals surface area contributed by atoms with Crippen LogP contribution in [-0.2, 0) is 11.8 Å². The number of hydrogen-bond acceptors (Lipinski definition) is 4. The second kappa shape index (κ2) is 3.69. The third-order valence-corrected chi connectivity index (χ3v) is 2.06. The van der Waals surface area contributed by atoms with Gasteiger partial charge in [0.15, 0.2) is 5.69 Å². The van der Waals surface area contributed by atoms with Gasteiger partial charge in [0.1, 0.15) is 0 Å². The highest BCUT2D eigenvalue weighted by Crippen LogP contribution is 2.24. The monoisotopic (exact) mass is 197 g/mol. The molecule has 0 aromatic carbocycles. The Morgan fingerprint density at radius 2 is 2.14 bits per heavy atom. The van der Waals surface area contributed by atoms with E-state index in [2.05, 4.69) is 9.84 Å². The Labute approximate surface area is 82.8 Å². The van der Waals surface area contributed by atoms with Gasteiger partial charge in [-0.25, -0.2) is 4.79 Å². The van der Waals surface area contributed by atoms with Crippen molar-refractivity contribution >= 4 is 11.7 Å². The van der Waals surface area contributed by atoms with E-state index in [9.17, 15) is 4.79 Å². The van der Waals surface area contributed by atoms with E-state index in [0.29, 0.717) is 5.69 Å². The van der Waals surface area contributed by atoms with Crippen molar-refractivity contribution in [1.29, 1.82) is 0 Å². The molecular weight excluding hydrogens is 182 g/mol. The predicted molar refractivity (Wildman–Crippen MR) is 53.0 cm³/mol. The van der Waals surface area contributed by atoms with Crippen LogP contribution in [0.25, 0.3) is 0 Å². The summed E-state index contributed by atoms with van der Waals surface area (Å²) in [6, 6.07) is 0. The second-order valence-corrected chi connectivity index (χ2v) is 3.42. The molecule has 0 bridgehead atoms. The second-order valence-electron chi connectivity index (χ2n) is 3.42. The molecule has 0 atom stereocenters. The Hall–Kier alpha value is -1.52. The maximum absolute atomic E-state index is 11.2. The van der Waals surface area contributed by atoms with Crippen LogP contribution in [0, 0.1) is 0 Å². The van der Waals surface area contributed by atoms with E-state index in [1.165, 1.54) is 7.11 Å². The third-order valence-electron chi connectivity index (χ3n) is 2.06. The highest BCUT2D eigenvalue weighted by molar-refractivity contribution is 5.93. The number of anilines is 1. The van der Waals surface area contributed by atoms with Crippen LogP contribution in [0.3, 0.4) is 0 Å². The molecule has 0 aliphatic carbocycles. The van der Waals surface area contributed by atoms with Gasteiger partial charge in [-0.1, -0.05) is 13.8 Å². The topological polar surface area (TPSA) is 70.1 Å². The fraction of sp³-hybridized carbons (Fsp3) is 0.556. The first-order chi connectivity index (χ1) is 6.49. The van der Waals surface area contributed by atoms with Crippen molar-refractivity contribution in [2.75, 3.05) is 12.8 Å². The molecule has 1 rings (SSSR count). The standard InChI is InChI=1S/C9H15N3O2/c1-5(2)8-6(10)7(9(13)14-4)11-12(8)3/h5H,10H2,1-4H3. The molecule has 14 heavy (non-hydrogen) atoms. The summed E-state index contributed by atoms with van der Waals surface area (Å²) in [5.41, 5.74) is 7.25. The predicted octanol–water partition coefficient (Wildman–Crippen LogP) is 0.912. The molecule has 0 aliphatic rings. The van der Waals surface area contributed by atoms with Crippen LogP contribution in [0.1, 0.15) is 35.9 Å². The number of ether oxygens (including phenoxy) is 1. The quantitative estimate of drug-likeness (QED) is 0.715. The summed E-state index contributed by atoms with van der Waals surface area (Å²) in [7, 11) is 3.07. The zero-order valence-electron chi connectivity index (χ0n) is 8.87. The molecule has 0 fully saturated rings. The number of methoxy groups -OCH3 is 1. The fourth-order valence-electron chi connectivity index (χ4n) is 1.49. The highest BCUT2D eigenvalue weighted by atomic mass is 16.5. The van der Waals surface area contributed by atoms with Gasteiger partial charge in [0.05, 0.1) is 18.5 Å². The first-order valence-corrected chi connectivity index (χ1v) is 4.39. The van der Waals surface area contributed by atoms with E-state index >= 15 is 0 Å². The molecule has 5 nitrogen and oxygen atoms in total. The van der Waals surface area contributed by atoms with E-state index in [4.69, 9.17) is 5.73 Å². The Morgan fingerprint density at radius 3 is 2.50 bits per heavy atom. The van der Waals surface area contributed by atoms with Crippen molar-refractivity contribution in [3.8, 4) is 0 Å². The van der Waals surface area contributed by atoms with Crippen LogP contribution < -0.4 is 5.73 Å². The third kappa shape index (κ3) is 1.57. The summed E-state index contributed by atoms with van der Waals surface area (Å²) >= 11 is 0. The smallest absolute Gasteiger partial charge is 0.360 e. The van der Waals surface area contributed by atoms with Crippen molar-refractivity contribution in [2.45, 2.75) is 19.8 Å². The molecule has 1 aromatic rings. The molecule has 0 saturated heterocycles. The van der Waals surface area contributed by atoms with Gasteiger partial charge >= 0.3 is 5.97 Å². The molecule has 1 heterocycles. The average molecular weight is 197 g/mol. The van der Waals surface area contributed by atoms with Crippen molar-refractivity contribution in [2.24, 2.45) is 7.05 Å². The summed E-state index contributed by atoms with van der Waals surface area (Å²) in [5.74, 6) is -0.268. The number of carbonyl (C=O) groups is 1. The van der Waals surface area contributed by atoms with Gasteiger partial charge in [-0.15, -0.1) is 0 Å². The number of hydrogen-bond donors (Lipinski definition) is 1. The number of rotatable bonds is 2. The van der Waals surface area contributed by atoms with Gasteiger partial charge < -0.3 is 10.5 Å². The largest absolute Gasteiger partial charge is 0.464 e. The van der Waals surface area contributed by atoms with Crippen molar-refractivity contribution in [1.82, 2.24) is 9.78 Å². The van der Waals surface area contributed by atoms with Crippen LogP contribution in [0.15, 0.2) is 0 Å². The van der Waals surface area contributed by atoms with Gasteiger partial charge in [0.25, 0.3) is 0 Å². The number of esters is 1. The number of aromatic nitrogens is 2. The van der Waals surface area contributed by atoms with Gasteiger partial charge in [0.2, 0.25) is 0 Å². The van der Waals surface area contributed by atoms with E-state index in [0.717, 1.165) is 5.69 Å². The summed E-state index contributed by atoms with van der Waals surface area (Å²) in [6.07, 6.45) is 0. The van der Waals surface area contributed by atoms with Gasteiger partial charge in [0, 0.05) is 7.05 Å². The lowest BCUT2D eigenvalue weighted by atomic mass is 10.1. The Bertz CT molecular complexity index is 355. The summed E-state index contributed by atoms with van der Waals surface area (Å²) in [6.45, 7) is 3.99. The Kier molecular flexibility index (Phi) is 2.78.